The van der Waals surface area contributed by atoms with Crippen LogP contribution in [0.3, 0.4) is 0 Å². The van der Waals surface area contributed by atoms with Crippen LogP contribution in [0.2, 0.25) is 5.02 Å². The molecule has 0 atom stereocenters. The molecule has 2 aromatic rings. The number of nitro benzene ring substituents is 1. The van der Waals surface area contributed by atoms with E-state index in [1.807, 2.05) is 43.9 Å². The van der Waals surface area contributed by atoms with E-state index in [4.69, 9.17) is 16.3 Å². The predicted octanol–water partition coefficient (Wildman–Crippen LogP) is 4.92. The van der Waals surface area contributed by atoms with Crippen LogP contribution in [0.4, 0.5) is 21.9 Å². The van der Waals surface area contributed by atoms with E-state index in [1.165, 1.54) is 0 Å². The van der Waals surface area contributed by atoms with Crippen molar-refractivity contribution >= 4 is 34.8 Å². The van der Waals surface area contributed by atoms with Crippen LogP contribution in [0.1, 0.15) is 26.3 Å². The zero-order chi connectivity index (χ0) is 22.6. The molecule has 0 spiro atoms. The Kier molecular flexibility index (Phi) is 6.90. The summed E-state index contributed by atoms with van der Waals surface area (Å²) in [5.74, 6) is 0. The average molecular weight is 447 g/mol. The molecule has 1 amide bonds. The van der Waals surface area contributed by atoms with Crippen molar-refractivity contribution in [2.45, 2.75) is 32.9 Å². The van der Waals surface area contributed by atoms with Crippen molar-refractivity contribution in [2.75, 3.05) is 36.4 Å². The van der Waals surface area contributed by atoms with E-state index in [0.717, 1.165) is 5.56 Å². The third-order valence-corrected chi connectivity index (χ3v) is 5.08. The van der Waals surface area contributed by atoms with Gasteiger partial charge in [0.15, 0.2) is 0 Å². The topological polar surface area (TPSA) is 88.0 Å². The number of carbonyl (C=O) groups excluding carboxylic acids is 1. The van der Waals surface area contributed by atoms with Gasteiger partial charge in [-0.25, -0.2) is 4.79 Å². The number of hydrogen-bond acceptors (Lipinski definition) is 6. The highest BCUT2D eigenvalue weighted by atomic mass is 35.5. The number of para-hydroxylation sites is 1. The van der Waals surface area contributed by atoms with E-state index in [1.54, 1.807) is 29.2 Å². The summed E-state index contributed by atoms with van der Waals surface area (Å²) in [6.45, 7) is 7.73. The first-order chi connectivity index (χ1) is 14.6. The van der Waals surface area contributed by atoms with Crippen molar-refractivity contribution in [3.8, 4) is 0 Å². The number of nitrogens with zero attached hydrogens (tertiary/aromatic N) is 3. The molecule has 1 aliphatic heterocycles. The van der Waals surface area contributed by atoms with E-state index < -0.39 is 5.60 Å². The molecule has 31 heavy (non-hydrogen) atoms. The number of amides is 1. The molecule has 3 rings (SSSR count). The van der Waals surface area contributed by atoms with E-state index in [-0.39, 0.29) is 16.7 Å². The summed E-state index contributed by atoms with van der Waals surface area (Å²) in [5.41, 5.74) is 1.37. The number of rotatable bonds is 5. The smallest absolute Gasteiger partial charge is 0.410 e. The largest absolute Gasteiger partial charge is 0.444 e. The normalized spacial score (nSPS) is 14.3. The maximum absolute atomic E-state index is 12.3. The summed E-state index contributed by atoms with van der Waals surface area (Å²) in [4.78, 5) is 27.4. The molecule has 1 aliphatic rings. The number of nitrogens with one attached hydrogen (secondary N) is 1. The molecule has 0 bridgehead atoms. The lowest BCUT2D eigenvalue weighted by molar-refractivity contribution is -0.383. The Hall–Kier alpha value is -3.00. The summed E-state index contributed by atoms with van der Waals surface area (Å²) in [6, 6.07) is 12.6. The Labute approximate surface area is 186 Å². The number of hydrogen-bond donors (Lipinski definition) is 1. The van der Waals surface area contributed by atoms with Gasteiger partial charge in [-0.05, 0) is 50.6 Å². The Balaban J connectivity index is 1.72. The predicted molar refractivity (Wildman–Crippen MR) is 122 cm³/mol. The van der Waals surface area contributed by atoms with Crippen LogP contribution in [-0.4, -0.2) is 47.7 Å². The summed E-state index contributed by atoms with van der Waals surface area (Å²) in [5, 5.41) is 15.7. The monoisotopic (exact) mass is 446 g/mol. The molecule has 0 aromatic heterocycles. The number of halogens is 1. The highest BCUT2D eigenvalue weighted by Crippen LogP contribution is 2.36. The lowest BCUT2D eigenvalue weighted by atomic mass is 10.1. The first-order valence-electron chi connectivity index (χ1n) is 10.1. The molecule has 2 aromatic carbocycles. The fourth-order valence-corrected chi connectivity index (χ4v) is 3.63. The van der Waals surface area contributed by atoms with Crippen molar-refractivity contribution < 1.29 is 14.5 Å². The van der Waals surface area contributed by atoms with Crippen LogP contribution in [0.25, 0.3) is 0 Å². The zero-order valence-corrected chi connectivity index (χ0v) is 18.7. The van der Waals surface area contributed by atoms with Gasteiger partial charge in [-0.2, -0.15) is 0 Å². The first-order valence-corrected chi connectivity index (χ1v) is 10.5. The second kappa shape index (κ2) is 9.43. The first kappa shape index (κ1) is 22.7. The minimum atomic E-state index is -0.560. The Morgan fingerprint density at radius 3 is 2.45 bits per heavy atom. The quantitative estimate of drug-likeness (QED) is 0.518. The van der Waals surface area contributed by atoms with Crippen molar-refractivity contribution in [3.05, 3.63) is 63.2 Å². The van der Waals surface area contributed by atoms with Crippen LogP contribution < -0.4 is 10.2 Å². The second-order valence-corrected chi connectivity index (χ2v) is 8.80. The van der Waals surface area contributed by atoms with Crippen molar-refractivity contribution in [1.29, 1.82) is 0 Å². The van der Waals surface area contributed by atoms with Gasteiger partial charge in [0.1, 0.15) is 17.0 Å². The second-order valence-electron chi connectivity index (χ2n) is 8.37. The molecule has 9 heteroatoms. The van der Waals surface area contributed by atoms with Crippen LogP contribution in [0.15, 0.2) is 42.5 Å². The van der Waals surface area contributed by atoms with Gasteiger partial charge in [0.05, 0.1) is 4.92 Å². The number of piperazine rings is 1. The molecule has 0 saturated carbocycles. The van der Waals surface area contributed by atoms with Crippen LogP contribution in [-0.2, 0) is 11.3 Å². The van der Waals surface area contributed by atoms with Gasteiger partial charge >= 0.3 is 11.8 Å². The van der Waals surface area contributed by atoms with E-state index in [2.05, 4.69) is 5.32 Å². The lowest BCUT2D eigenvalue weighted by Crippen LogP contribution is -2.50. The average Bonchev–Trinajstić information content (AvgIpc) is 2.71. The molecular formula is C22H27ClN4O4. The molecule has 166 valence electrons. The lowest BCUT2D eigenvalue weighted by Gasteiger charge is -2.36. The zero-order valence-electron chi connectivity index (χ0n) is 17.9. The SMILES string of the molecule is CC(C)(C)OC(=O)N1CCN(c2cccc(NCc3cccc(Cl)c3)c2[N+](=O)[O-])CC1. The highest BCUT2D eigenvalue weighted by Gasteiger charge is 2.29. The van der Waals surface area contributed by atoms with Crippen LogP contribution in [0.5, 0.6) is 0 Å². The van der Waals surface area contributed by atoms with Crippen molar-refractivity contribution in [1.82, 2.24) is 4.90 Å². The van der Waals surface area contributed by atoms with E-state index >= 15 is 0 Å². The van der Waals surface area contributed by atoms with Gasteiger partial charge in [0.2, 0.25) is 0 Å². The molecule has 1 saturated heterocycles. The van der Waals surface area contributed by atoms with Crippen molar-refractivity contribution in [3.63, 3.8) is 0 Å². The number of carbonyl (C=O) groups is 1. The van der Waals surface area contributed by atoms with Gasteiger partial charge in [-0.1, -0.05) is 29.8 Å². The number of nitro groups is 1. The third-order valence-electron chi connectivity index (χ3n) is 4.84. The number of ether oxygens (including phenoxy) is 1. The summed E-state index contributed by atoms with van der Waals surface area (Å²) in [7, 11) is 0. The summed E-state index contributed by atoms with van der Waals surface area (Å²) >= 11 is 6.02. The summed E-state index contributed by atoms with van der Waals surface area (Å²) < 4.78 is 5.42. The molecule has 8 nitrogen and oxygen atoms in total. The van der Waals surface area contributed by atoms with Gasteiger partial charge < -0.3 is 19.9 Å². The van der Waals surface area contributed by atoms with Gasteiger partial charge in [-0.15, -0.1) is 0 Å². The molecule has 0 radical (unpaired) electrons. The maximum atomic E-state index is 12.3. The van der Waals surface area contributed by atoms with Crippen LogP contribution in [0, 0.1) is 10.1 Å². The Bertz CT molecular complexity index is 953. The minimum Gasteiger partial charge on any atom is -0.444 e. The van der Waals surface area contributed by atoms with Gasteiger partial charge in [0, 0.05) is 37.7 Å². The van der Waals surface area contributed by atoms with Crippen LogP contribution >= 0.6 is 11.6 Å². The Morgan fingerprint density at radius 2 is 1.84 bits per heavy atom. The summed E-state index contributed by atoms with van der Waals surface area (Å²) in [6.07, 6.45) is -0.362. The molecule has 0 unspecified atom stereocenters. The molecular weight excluding hydrogens is 420 g/mol. The maximum Gasteiger partial charge on any atom is 0.410 e. The third kappa shape index (κ3) is 6.01. The van der Waals surface area contributed by atoms with E-state index in [9.17, 15) is 14.9 Å². The fourth-order valence-electron chi connectivity index (χ4n) is 3.42. The van der Waals surface area contributed by atoms with E-state index in [0.29, 0.717) is 49.1 Å². The van der Waals surface area contributed by atoms with Crippen molar-refractivity contribution in [2.24, 2.45) is 0 Å². The Morgan fingerprint density at radius 1 is 1.16 bits per heavy atom. The van der Waals surface area contributed by atoms with Gasteiger partial charge in [0.25, 0.3) is 0 Å². The fraction of sp³-hybridized carbons (Fsp3) is 0.409. The number of benzene rings is 2. The molecule has 1 fully saturated rings. The molecule has 1 heterocycles. The highest BCUT2D eigenvalue weighted by molar-refractivity contribution is 6.30. The van der Waals surface area contributed by atoms with Gasteiger partial charge in [-0.3, -0.25) is 10.1 Å². The minimum absolute atomic E-state index is 0.0234. The molecule has 0 aliphatic carbocycles. The molecule has 1 N–H and O–H groups in total. The number of anilines is 2. The standard InChI is InChI=1S/C22H27ClN4O4/c1-22(2,3)31-21(28)26-12-10-25(11-13-26)19-9-5-8-18(20(19)27(29)30)24-15-16-6-4-7-17(23)14-16/h4-9,14,24H,10-13,15H2,1-3H3.